The number of amides is 3. The van der Waals surface area contributed by atoms with Crippen LogP contribution in [0.5, 0.6) is 0 Å². The molecular weight excluding hydrogens is 164 g/mol. The highest BCUT2D eigenvalue weighted by Crippen LogP contribution is 1.96. The molecule has 0 aromatic carbocycles. The average molecular weight is 170 g/mol. The first-order valence-electron chi connectivity index (χ1n) is 3.05. The van der Waals surface area contributed by atoms with Crippen molar-refractivity contribution in [3.05, 3.63) is 11.8 Å². The summed E-state index contributed by atoms with van der Waals surface area (Å²) in [6.45, 7) is 0. The number of urea groups is 1. The molecule has 64 valence electrons. The van der Waals surface area contributed by atoms with E-state index in [1.807, 2.05) is 5.32 Å². The van der Waals surface area contributed by atoms with Crippen molar-refractivity contribution >= 4 is 17.9 Å². The van der Waals surface area contributed by atoms with Gasteiger partial charge in [-0.25, -0.2) is 9.59 Å². The fourth-order valence-electron chi connectivity index (χ4n) is 0.659. The van der Waals surface area contributed by atoms with Gasteiger partial charge in [-0.15, -0.1) is 0 Å². The third-order valence-corrected chi connectivity index (χ3v) is 1.18. The van der Waals surface area contributed by atoms with E-state index < -0.39 is 17.9 Å². The molecule has 1 saturated heterocycles. The summed E-state index contributed by atoms with van der Waals surface area (Å²) < 4.78 is 4.25. The minimum atomic E-state index is -0.692. The van der Waals surface area contributed by atoms with Crippen molar-refractivity contribution in [3.63, 3.8) is 0 Å². The van der Waals surface area contributed by atoms with Crippen LogP contribution in [0, 0.1) is 0 Å². The van der Waals surface area contributed by atoms with Gasteiger partial charge in [-0.2, -0.15) is 0 Å². The molecule has 6 heteroatoms. The minimum absolute atomic E-state index is 0.105. The number of ether oxygens (including phenoxy) is 1. The molecule has 1 rings (SSSR count). The van der Waals surface area contributed by atoms with Gasteiger partial charge in [-0.1, -0.05) is 0 Å². The number of methoxy groups -OCH3 is 1. The number of carbonyl (C=O) groups is 3. The number of hydrogen-bond acceptors (Lipinski definition) is 4. The van der Waals surface area contributed by atoms with Crippen LogP contribution in [0.15, 0.2) is 11.8 Å². The molecule has 0 aromatic heterocycles. The number of esters is 1. The van der Waals surface area contributed by atoms with E-state index in [0.717, 1.165) is 6.08 Å². The minimum Gasteiger partial charge on any atom is -0.466 e. The highest BCUT2D eigenvalue weighted by Gasteiger charge is 2.23. The summed E-state index contributed by atoms with van der Waals surface area (Å²) in [6.07, 6.45) is 0.903. The van der Waals surface area contributed by atoms with Gasteiger partial charge in [-0.05, 0) is 0 Å². The zero-order valence-corrected chi connectivity index (χ0v) is 6.21. The second kappa shape index (κ2) is 3.04. The third kappa shape index (κ3) is 1.60. The fraction of sp³-hybridized carbons (Fsp3) is 0.167. The number of hydrogen-bond donors (Lipinski definition) is 2. The Kier molecular flexibility index (Phi) is 2.09. The van der Waals surface area contributed by atoms with Crippen molar-refractivity contribution in [2.24, 2.45) is 0 Å². The van der Waals surface area contributed by atoms with Crippen LogP contribution in [0.4, 0.5) is 4.79 Å². The summed E-state index contributed by atoms with van der Waals surface area (Å²) in [5, 5.41) is 4.06. The molecule has 0 saturated carbocycles. The Morgan fingerprint density at radius 3 is 2.50 bits per heavy atom. The highest BCUT2D eigenvalue weighted by atomic mass is 16.5. The fourth-order valence-corrected chi connectivity index (χ4v) is 0.659. The predicted octanol–water partition coefficient (Wildman–Crippen LogP) is -1.12. The summed E-state index contributed by atoms with van der Waals surface area (Å²) in [7, 11) is 1.17. The highest BCUT2D eigenvalue weighted by molar-refractivity contribution is 6.13. The number of nitrogens with one attached hydrogen (secondary N) is 2. The Hall–Kier alpha value is -1.85. The molecule has 0 radical (unpaired) electrons. The van der Waals surface area contributed by atoms with Gasteiger partial charge in [0, 0.05) is 0 Å². The Bertz CT molecular complexity index is 281. The van der Waals surface area contributed by atoms with Crippen molar-refractivity contribution in [3.8, 4) is 0 Å². The molecule has 0 aromatic rings. The van der Waals surface area contributed by atoms with Crippen LogP contribution < -0.4 is 10.6 Å². The van der Waals surface area contributed by atoms with E-state index in [1.54, 1.807) is 0 Å². The summed E-state index contributed by atoms with van der Waals surface area (Å²) in [5.41, 5.74) is -0.105. The van der Waals surface area contributed by atoms with Gasteiger partial charge in [0.25, 0.3) is 5.91 Å². The number of carbonyl (C=O) groups excluding carboxylic acids is 3. The largest absolute Gasteiger partial charge is 0.466 e. The summed E-state index contributed by atoms with van der Waals surface area (Å²) in [4.78, 5) is 31.9. The van der Waals surface area contributed by atoms with Gasteiger partial charge in [0.1, 0.15) is 5.70 Å². The molecule has 0 spiro atoms. The van der Waals surface area contributed by atoms with Crippen LogP contribution in [-0.2, 0) is 14.3 Å². The molecular formula is C6H6N2O4. The first kappa shape index (κ1) is 8.25. The van der Waals surface area contributed by atoms with Crippen LogP contribution in [0.25, 0.3) is 0 Å². The first-order chi connectivity index (χ1) is 5.63. The Morgan fingerprint density at radius 1 is 1.42 bits per heavy atom. The van der Waals surface area contributed by atoms with E-state index in [9.17, 15) is 14.4 Å². The van der Waals surface area contributed by atoms with Crippen molar-refractivity contribution in [2.45, 2.75) is 0 Å². The van der Waals surface area contributed by atoms with Crippen molar-refractivity contribution < 1.29 is 19.1 Å². The quantitative estimate of drug-likeness (QED) is 0.296. The lowest BCUT2D eigenvalue weighted by atomic mass is 10.4. The predicted molar refractivity (Wildman–Crippen MR) is 36.8 cm³/mol. The zero-order valence-electron chi connectivity index (χ0n) is 6.21. The van der Waals surface area contributed by atoms with Gasteiger partial charge in [0.05, 0.1) is 13.2 Å². The average Bonchev–Trinajstić information content (AvgIpc) is 2.30. The zero-order chi connectivity index (χ0) is 9.14. The van der Waals surface area contributed by atoms with E-state index in [1.165, 1.54) is 7.11 Å². The van der Waals surface area contributed by atoms with Crippen LogP contribution in [0.2, 0.25) is 0 Å². The molecule has 1 aliphatic rings. The van der Waals surface area contributed by atoms with E-state index in [4.69, 9.17) is 0 Å². The molecule has 6 nitrogen and oxygen atoms in total. The third-order valence-electron chi connectivity index (χ3n) is 1.18. The Labute approximate surface area is 67.6 Å². The maximum absolute atomic E-state index is 10.8. The maximum atomic E-state index is 10.8. The van der Waals surface area contributed by atoms with Crippen LogP contribution >= 0.6 is 0 Å². The Balaban J connectivity index is 2.76. The van der Waals surface area contributed by atoms with Gasteiger partial charge < -0.3 is 10.1 Å². The van der Waals surface area contributed by atoms with E-state index in [-0.39, 0.29) is 5.70 Å². The molecule has 12 heavy (non-hydrogen) atoms. The molecule has 0 aliphatic carbocycles. The monoisotopic (exact) mass is 170 g/mol. The van der Waals surface area contributed by atoms with Crippen LogP contribution in [0.1, 0.15) is 0 Å². The van der Waals surface area contributed by atoms with E-state index in [0.29, 0.717) is 0 Å². The van der Waals surface area contributed by atoms with E-state index >= 15 is 0 Å². The lowest BCUT2D eigenvalue weighted by molar-refractivity contribution is -0.135. The van der Waals surface area contributed by atoms with Crippen LogP contribution in [0.3, 0.4) is 0 Å². The maximum Gasteiger partial charge on any atom is 0.332 e. The Morgan fingerprint density at radius 2 is 2.08 bits per heavy atom. The van der Waals surface area contributed by atoms with Gasteiger partial charge in [-0.3, -0.25) is 10.1 Å². The summed E-state index contributed by atoms with van der Waals surface area (Å²) in [6, 6.07) is -0.643. The first-order valence-corrected chi connectivity index (χ1v) is 3.05. The summed E-state index contributed by atoms with van der Waals surface area (Å²) >= 11 is 0. The molecule has 2 N–H and O–H groups in total. The normalized spacial score (nSPS) is 18.9. The lowest BCUT2D eigenvalue weighted by Crippen LogP contribution is -2.22. The van der Waals surface area contributed by atoms with Crippen LogP contribution in [-0.4, -0.2) is 25.0 Å². The molecule has 0 bridgehead atoms. The SMILES string of the molecule is COC(=O)/C=C1\NC(=O)NC1=O. The van der Waals surface area contributed by atoms with E-state index in [2.05, 4.69) is 10.1 Å². The number of imide groups is 1. The molecule has 0 unspecified atom stereocenters. The molecule has 3 amide bonds. The van der Waals surface area contributed by atoms with Crippen molar-refractivity contribution in [2.75, 3.05) is 7.11 Å². The van der Waals surface area contributed by atoms with Gasteiger partial charge >= 0.3 is 12.0 Å². The molecule has 1 fully saturated rings. The van der Waals surface area contributed by atoms with Gasteiger partial charge in [0.2, 0.25) is 0 Å². The summed E-state index contributed by atoms with van der Waals surface area (Å²) in [5.74, 6) is -1.33. The van der Waals surface area contributed by atoms with Crippen molar-refractivity contribution in [1.29, 1.82) is 0 Å². The molecule has 0 atom stereocenters. The lowest BCUT2D eigenvalue weighted by Gasteiger charge is -1.92. The smallest absolute Gasteiger partial charge is 0.332 e. The second-order valence-corrected chi connectivity index (χ2v) is 1.99. The number of rotatable bonds is 1. The molecule has 1 aliphatic heterocycles. The topological polar surface area (TPSA) is 84.5 Å². The van der Waals surface area contributed by atoms with Crippen molar-refractivity contribution in [1.82, 2.24) is 10.6 Å². The second-order valence-electron chi connectivity index (χ2n) is 1.99. The molecule has 1 heterocycles. The standard InChI is InChI=1S/C6H6N2O4/c1-12-4(9)2-3-5(10)8-6(11)7-3/h2H,1H3,(H2,7,8,10,11)/b3-2-. The van der Waals surface area contributed by atoms with Gasteiger partial charge in [0.15, 0.2) is 0 Å².